The number of nitrogens with two attached hydrogens (primary N) is 1. The lowest BCUT2D eigenvalue weighted by molar-refractivity contribution is -0.140. The molecule has 5 nitrogen and oxygen atoms in total. The maximum atomic E-state index is 11.4. The van der Waals surface area contributed by atoms with Gasteiger partial charge in [-0.15, -0.1) is 0 Å². The van der Waals surface area contributed by atoms with Crippen LogP contribution >= 0.6 is 0 Å². The van der Waals surface area contributed by atoms with Crippen LogP contribution in [0.5, 0.6) is 0 Å². The number of nitrogens with one attached hydrogen (secondary N) is 1. The van der Waals surface area contributed by atoms with Gasteiger partial charge in [0, 0.05) is 13.0 Å². The van der Waals surface area contributed by atoms with E-state index in [0.717, 1.165) is 25.7 Å². The van der Waals surface area contributed by atoms with Gasteiger partial charge in [0.2, 0.25) is 5.91 Å². The molecule has 0 bridgehead atoms. The van der Waals surface area contributed by atoms with Crippen molar-refractivity contribution in [3.8, 4) is 0 Å². The van der Waals surface area contributed by atoms with E-state index in [1.54, 1.807) is 13.8 Å². The van der Waals surface area contributed by atoms with Crippen molar-refractivity contribution < 1.29 is 14.3 Å². The van der Waals surface area contributed by atoms with Crippen molar-refractivity contribution in [3.05, 3.63) is 0 Å². The Morgan fingerprint density at radius 1 is 1.18 bits per heavy atom. The standard InChI is InChI=1S/C12H24N2O3/c1-12(2,13)11(16)14-9-7-5-4-6-8-10(15)17-3/h4-9,13H2,1-3H3,(H,14,16). The van der Waals surface area contributed by atoms with Gasteiger partial charge in [0.15, 0.2) is 0 Å². The molecule has 0 heterocycles. The van der Waals surface area contributed by atoms with Gasteiger partial charge in [-0.1, -0.05) is 12.8 Å². The number of hydrogen-bond donors (Lipinski definition) is 2. The van der Waals surface area contributed by atoms with Crippen LogP contribution in [0.1, 0.15) is 46.0 Å². The lowest BCUT2D eigenvalue weighted by atomic mass is 10.1. The van der Waals surface area contributed by atoms with Crippen LogP contribution in [0, 0.1) is 0 Å². The summed E-state index contributed by atoms with van der Waals surface area (Å²) >= 11 is 0. The van der Waals surface area contributed by atoms with Crippen molar-refractivity contribution in [1.82, 2.24) is 5.32 Å². The zero-order valence-corrected chi connectivity index (χ0v) is 11.0. The molecule has 0 atom stereocenters. The van der Waals surface area contributed by atoms with Crippen molar-refractivity contribution in [2.75, 3.05) is 13.7 Å². The Bertz CT molecular complexity index is 247. The molecule has 0 radical (unpaired) electrons. The molecule has 0 spiro atoms. The molecule has 0 unspecified atom stereocenters. The van der Waals surface area contributed by atoms with E-state index in [2.05, 4.69) is 10.1 Å². The fraction of sp³-hybridized carbons (Fsp3) is 0.833. The minimum atomic E-state index is -0.815. The lowest BCUT2D eigenvalue weighted by Crippen LogP contribution is -2.49. The number of rotatable bonds is 8. The molecule has 0 rings (SSSR count). The first kappa shape index (κ1) is 15.9. The summed E-state index contributed by atoms with van der Waals surface area (Å²) in [5, 5.41) is 2.78. The maximum absolute atomic E-state index is 11.4. The van der Waals surface area contributed by atoms with Gasteiger partial charge in [-0.05, 0) is 26.7 Å². The molecule has 0 saturated carbocycles. The summed E-state index contributed by atoms with van der Waals surface area (Å²) in [6.07, 6.45) is 4.17. The number of amides is 1. The van der Waals surface area contributed by atoms with Crippen LogP contribution in [0.3, 0.4) is 0 Å². The Morgan fingerprint density at radius 2 is 1.76 bits per heavy atom. The first-order chi connectivity index (χ1) is 7.88. The van der Waals surface area contributed by atoms with Crippen molar-refractivity contribution in [2.24, 2.45) is 5.73 Å². The second kappa shape index (κ2) is 8.06. The molecule has 1 amide bonds. The highest BCUT2D eigenvalue weighted by Crippen LogP contribution is 2.03. The molecule has 0 aliphatic rings. The van der Waals surface area contributed by atoms with Gasteiger partial charge >= 0.3 is 5.97 Å². The van der Waals surface area contributed by atoms with Gasteiger partial charge < -0.3 is 15.8 Å². The van der Waals surface area contributed by atoms with E-state index >= 15 is 0 Å². The molecule has 0 fully saturated rings. The van der Waals surface area contributed by atoms with E-state index in [1.807, 2.05) is 0 Å². The highest BCUT2D eigenvalue weighted by molar-refractivity contribution is 5.84. The monoisotopic (exact) mass is 244 g/mol. The minimum Gasteiger partial charge on any atom is -0.469 e. The van der Waals surface area contributed by atoms with Crippen molar-refractivity contribution in [1.29, 1.82) is 0 Å². The van der Waals surface area contributed by atoms with Crippen molar-refractivity contribution in [3.63, 3.8) is 0 Å². The Hall–Kier alpha value is -1.10. The average Bonchev–Trinajstić information content (AvgIpc) is 2.25. The molecule has 0 aliphatic carbocycles. The van der Waals surface area contributed by atoms with Gasteiger partial charge in [0.05, 0.1) is 12.6 Å². The average molecular weight is 244 g/mol. The van der Waals surface area contributed by atoms with Crippen molar-refractivity contribution >= 4 is 11.9 Å². The molecule has 0 aromatic carbocycles. The van der Waals surface area contributed by atoms with Crippen LogP contribution in [-0.4, -0.2) is 31.1 Å². The van der Waals surface area contributed by atoms with E-state index in [9.17, 15) is 9.59 Å². The number of carbonyl (C=O) groups is 2. The zero-order valence-electron chi connectivity index (χ0n) is 11.0. The Morgan fingerprint density at radius 3 is 2.29 bits per heavy atom. The highest BCUT2D eigenvalue weighted by Gasteiger charge is 2.20. The molecule has 0 aromatic rings. The smallest absolute Gasteiger partial charge is 0.305 e. The van der Waals surface area contributed by atoms with E-state index in [4.69, 9.17) is 5.73 Å². The molecule has 0 aliphatic heterocycles. The molecule has 100 valence electrons. The number of carbonyl (C=O) groups excluding carboxylic acids is 2. The predicted molar refractivity (Wildman–Crippen MR) is 66.4 cm³/mol. The van der Waals surface area contributed by atoms with Gasteiger partial charge in [-0.2, -0.15) is 0 Å². The summed E-state index contributed by atoms with van der Waals surface area (Å²) in [4.78, 5) is 22.2. The summed E-state index contributed by atoms with van der Waals surface area (Å²) in [6, 6.07) is 0. The van der Waals surface area contributed by atoms with E-state index in [-0.39, 0.29) is 11.9 Å². The number of ether oxygens (including phenoxy) is 1. The normalized spacial score (nSPS) is 11.1. The second-order valence-corrected chi connectivity index (χ2v) is 4.72. The summed E-state index contributed by atoms with van der Waals surface area (Å²) in [5.41, 5.74) is 4.81. The first-order valence-electron chi connectivity index (χ1n) is 6.02. The van der Waals surface area contributed by atoms with Crippen LogP contribution in [0.2, 0.25) is 0 Å². The van der Waals surface area contributed by atoms with Gasteiger partial charge in [-0.25, -0.2) is 0 Å². The molecular weight excluding hydrogens is 220 g/mol. The summed E-state index contributed by atoms with van der Waals surface area (Å²) in [5.74, 6) is -0.296. The third-order valence-corrected chi connectivity index (χ3v) is 2.41. The number of methoxy groups -OCH3 is 1. The topological polar surface area (TPSA) is 81.4 Å². The van der Waals surface area contributed by atoms with Crippen molar-refractivity contribution in [2.45, 2.75) is 51.5 Å². The van der Waals surface area contributed by atoms with E-state index in [1.165, 1.54) is 7.11 Å². The third kappa shape index (κ3) is 8.68. The minimum absolute atomic E-state index is 0.132. The SMILES string of the molecule is COC(=O)CCCCCCNC(=O)C(C)(C)N. The second-order valence-electron chi connectivity index (χ2n) is 4.72. The molecular formula is C12H24N2O3. The Balaban J connectivity index is 3.36. The molecule has 0 saturated heterocycles. The molecule has 17 heavy (non-hydrogen) atoms. The number of unbranched alkanes of at least 4 members (excludes halogenated alkanes) is 3. The Labute approximate surface area is 103 Å². The number of hydrogen-bond acceptors (Lipinski definition) is 4. The van der Waals surface area contributed by atoms with Gasteiger partial charge in [-0.3, -0.25) is 9.59 Å². The number of esters is 1. The fourth-order valence-corrected chi connectivity index (χ4v) is 1.28. The quantitative estimate of drug-likeness (QED) is 0.492. The van der Waals surface area contributed by atoms with Crippen LogP contribution < -0.4 is 11.1 Å². The lowest BCUT2D eigenvalue weighted by Gasteiger charge is -2.17. The Kier molecular flexibility index (Phi) is 7.54. The highest BCUT2D eigenvalue weighted by atomic mass is 16.5. The first-order valence-corrected chi connectivity index (χ1v) is 6.02. The largest absolute Gasteiger partial charge is 0.469 e. The van der Waals surface area contributed by atoms with Gasteiger partial charge in [0.1, 0.15) is 0 Å². The van der Waals surface area contributed by atoms with Crippen LogP contribution in [-0.2, 0) is 14.3 Å². The maximum Gasteiger partial charge on any atom is 0.305 e. The molecule has 5 heteroatoms. The summed E-state index contributed by atoms with van der Waals surface area (Å²) < 4.78 is 4.54. The third-order valence-electron chi connectivity index (χ3n) is 2.41. The summed E-state index contributed by atoms with van der Waals surface area (Å²) in [7, 11) is 1.40. The van der Waals surface area contributed by atoms with Crippen LogP contribution in [0.25, 0.3) is 0 Å². The summed E-state index contributed by atoms with van der Waals surface area (Å²) in [6.45, 7) is 4.00. The zero-order chi connectivity index (χ0) is 13.3. The fourth-order valence-electron chi connectivity index (χ4n) is 1.28. The van der Waals surface area contributed by atoms with Crippen LogP contribution in [0.15, 0.2) is 0 Å². The van der Waals surface area contributed by atoms with E-state index in [0.29, 0.717) is 13.0 Å². The van der Waals surface area contributed by atoms with Crippen LogP contribution in [0.4, 0.5) is 0 Å². The van der Waals surface area contributed by atoms with E-state index < -0.39 is 5.54 Å². The van der Waals surface area contributed by atoms with Gasteiger partial charge in [0.25, 0.3) is 0 Å². The molecule has 3 N–H and O–H groups in total. The predicted octanol–water partition coefficient (Wildman–Crippen LogP) is 0.963. The molecule has 0 aromatic heterocycles.